The molecular formula is C12H13IN4O. The van der Waals surface area contributed by atoms with Gasteiger partial charge in [0.2, 0.25) is 0 Å². The summed E-state index contributed by atoms with van der Waals surface area (Å²) >= 11 is 2.03. The highest BCUT2D eigenvalue weighted by Gasteiger charge is 2.05. The van der Waals surface area contributed by atoms with Crippen molar-refractivity contribution in [1.82, 2.24) is 14.5 Å². The van der Waals surface area contributed by atoms with Gasteiger partial charge in [-0.25, -0.2) is 9.97 Å². The molecule has 2 heterocycles. The molecule has 2 rings (SSSR count). The zero-order valence-electron chi connectivity index (χ0n) is 10.1. The number of anilines is 1. The molecule has 94 valence electrons. The van der Waals surface area contributed by atoms with E-state index in [1.54, 1.807) is 17.1 Å². The first-order valence-electron chi connectivity index (χ1n) is 5.46. The van der Waals surface area contributed by atoms with Gasteiger partial charge in [0, 0.05) is 13.2 Å². The summed E-state index contributed by atoms with van der Waals surface area (Å²) in [6, 6.07) is 3.82. The van der Waals surface area contributed by atoms with Gasteiger partial charge >= 0.3 is 0 Å². The Labute approximate surface area is 118 Å². The highest BCUT2D eigenvalue weighted by molar-refractivity contribution is 14.1. The predicted octanol–water partition coefficient (Wildman–Crippen LogP) is 1.64. The lowest BCUT2D eigenvalue weighted by molar-refractivity contribution is 0.721. The lowest BCUT2D eigenvalue weighted by Gasteiger charge is -2.07. The molecule has 1 N–H and O–H groups in total. The Morgan fingerprint density at radius 1 is 1.39 bits per heavy atom. The van der Waals surface area contributed by atoms with Gasteiger partial charge in [0.1, 0.15) is 5.82 Å². The summed E-state index contributed by atoms with van der Waals surface area (Å²) in [5.74, 6) is 0.808. The fraction of sp³-hybridized carbons (Fsp3) is 0.250. The molecule has 0 atom stereocenters. The molecule has 0 fully saturated rings. The van der Waals surface area contributed by atoms with Crippen LogP contribution in [0.25, 0.3) is 0 Å². The Kier molecular flexibility index (Phi) is 3.95. The van der Waals surface area contributed by atoms with Gasteiger partial charge in [-0.3, -0.25) is 9.36 Å². The predicted molar refractivity (Wildman–Crippen MR) is 78.8 cm³/mol. The zero-order valence-corrected chi connectivity index (χ0v) is 12.3. The van der Waals surface area contributed by atoms with Crippen LogP contribution >= 0.6 is 22.6 Å². The quantitative estimate of drug-likeness (QED) is 0.850. The first kappa shape index (κ1) is 13.0. The second-order valence-corrected chi connectivity index (χ2v) is 4.96. The minimum absolute atomic E-state index is 0.0132. The number of aryl methyl sites for hydroxylation is 1. The van der Waals surface area contributed by atoms with Gasteiger partial charge in [-0.2, -0.15) is 0 Å². The van der Waals surface area contributed by atoms with Crippen LogP contribution in [0.4, 0.5) is 5.82 Å². The van der Waals surface area contributed by atoms with Crippen LogP contribution in [0.2, 0.25) is 0 Å². The van der Waals surface area contributed by atoms with Crippen LogP contribution in [0.15, 0.2) is 29.5 Å². The van der Waals surface area contributed by atoms with Crippen molar-refractivity contribution >= 4 is 28.4 Å². The van der Waals surface area contributed by atoms with Crippen LogP contribution in [-0.4, -0.2) is 21.6 Å². The van der Waals surface area contributed by atoms with Crippen molar-refractivity contribution in [3.8, 4) is 0 Å². The van der Waals surface area contributed by atoms with Crippen molar-refractivity contribution in [3.63, 3.8) is 0 Å². The molecule has 5 nitrogen and oxygen atoms in total. The largest absolute Gasteiger partial charge is 0.373 e. The van der Waals surface area contributed by atoms with Crippen LogP contribution in [0.3, 0.4) is 0 Å². The molecule has 0 spiro atoms. The molecule has 0 amide bonds. The minimum Gasteiger partial charge on any atom is -0.373 e. The van der Waals surface area contributed by atoms with E-state index >= 15 is 0 Å². The fourth-order valence-corrected chi connectivity index (χ4v) is 1.97. The monoisotopic (exact) mass is 356 g/mol. The average Bonchev–Trinajstić information content (AvgIpc) is 2.40. The molecule has 0 unspecified atom stereocenters. The molecule has 0 saturated heterocycles. The molecule has 0 aliphatic heterocycles. The molecule has 0 aromatic carbocycles. The highest BCUT2D eigenvalue weighted by atomic mass is 127. The molecular weight excluding hydrogens is 343 g/mol. The Hall–Kier alpha value is -1.44. The molecule has 0 aliphatic carbocycles. The van der Waals surface area contributed by atoms with E-state index < -0.39 is 0 Å². The van der Waals surface area contributed by atoms with Crippen LogP contribution in [-0.2, 0) is 6.54 Å². The number of halogens is 1. The number of rotatable bonds is 3. The summed E-state index contributed by atoms with van der Waals surface area (Å²) in [6.07, 6.45) is 3.33. The van der Waals surface area contributed by atoms with Crippen molar-refractivity contribution in [1.29, 1.82) is 0 Å². The normalized spacial score (nSPS) is 10.4. The van der Waals surface area contributed by atoms with E-state index in [0.29, 0.717) is 10.1 Å². The minimum atomic E-state index is -0.0132. The summed E-state index contributed by atoms with van der Waals surface area (Å²) in [5.41, 5.74) is 1.72. The van der Waals surface area contributed by atoms with Crippen LogP contribution in [0, 0.1) is 10.5 Å². The maximum atomic E-state index is 12.0. The van der Waals surface area contributed by atoms with E-state index in [9.17, 15) is 4.79 Å². The van der Waals surface area contributed by atoms with Crippen LogP contribution < -0.4 is 10.9 Å². The molecule has 6 heteroatoms. The smallest absolute Gasteiger partial charge is 0.267 e. The summed E-state index contributed by atoms with van der Waals surface area (Å²) in [5, 5.41) is 2.95. The van der Waals surface area contributed by atoms with Gasteiger partial charge in [0.25, 0.3) is 5.56 Å². The highest BCUT2D eigenvalue weighted by Crippen LogP contribution is 2.06. The first-order valence-corrected chi connectivity index (χ1v) is 6.54. The van der Waals surface area contributed by atoms with Gasteiger partial charge in [0.15, 0.2) is 0 Å². The second-order valence-electron chi connectivity index (χ2n) is 3.88. The van der Waals surface area contributed by atoms with Gasteiger partial charge < -0.3 is 5.32 Å². The number of hydrogen-bond donors (Lipinski definition) is 1. The standard InChI is InChI=1S/C12H13IN4O/c1-8-11(13)12(18)17(7-16-8)6-9-3-4-10(14-2)15-5-9/h3-5,7H,6H2,1-2H3,(H,14,15). The van der Waals surface area contributed by atoms with Crippen molar-refractivity contribution < 1.29 is 0 Å². The third kappa shape index (κ3) is 2.69. The first-order chi connectivity index (χ1) is 8.61. The van der Waals surface area contributed by atoms with Crippen molar-refractivity contribution in [2.75, 3.05) is 12.4 Å². The van der Waals surface area contributed by atoms with E-state index in [1.807, 2.05) is 48.7 Å². The Balaban J connectivity index is 2.28. The zero-order chi connectivity index (χ0) is 13.1. The maximum Gasteiger partial charge on any atom is 0.267 e. The van der Waals surface area contributed by atoms with Crippen molar-refractivity contribution in [2.45, 2.75) is 13.5 Å². The van der Waals surface area contributed by atoms with Crippen LogP contribution in [0.1, 0.15) is 11.3 Å². The Morgan fingerprint density at radius 3 is 2.78 bits per heavy atom. The SMILES string of the molecule is CNc1ccc(Cn2cnc(C)c(I)c2=O)cn1. The molecule has 0 aliphatic rings. The summed E-state index contributed by atoms with van der Waals surface area (Å²) in [7, 11) is 1.82. The van der Waals surface area contributed by atoms with Gasteiger partial charge in [0.05, 0.1) is 22.1 Å². The van der Waals surface area contributed by atoms with Crippen LogP contribution in [0.5, 0.6) is 0 Å². The Morgan fingerprint density at radius 2 is 2.17 bits per heavy atom. The van der Waals surface area contributed by atoms with Gasteiger partial charge in [-0.1, -0.05) is 6.07 Å². The molecule has 2 aromatic rings. The summed E-state index contributed by atoms with van der Waals surface area (Å²) < 4.78 is 2.25. The molecule has 0 saturated carbocycles. The molecule has 0 bridgehead atoms. The number of pyridine rings is 1. The second kappa shape index (κ2) is 5.47. The maximum absolute atomic E-state index is 12.0. The average molecular weight is 356 g/mol. The number of aromatic nitrogens is 3. The number of nitrogens with one attached hydrogen (secondary N) is 1. The van der Waals surface area contributed by atoms with E-state index in [4.69, 9.17) is 0 Å². The lowest BCUT2D eigenvalue weighted by Crippen LogP contribution is -2.24. The van der Waals surface area contributed by atoms with Crippen molar-refractivity contribution in [2.24, 2.45) is 0 Å². The third-order valence-electron chi connectivity index (χ3n) is 2.59. The van der Waals surface area contributed by atoms with E-state index in [2.05, 4.69) is 15.3 Å². The topological polar surface area (TPSA) is 59.8 Å². The molecule has 0 radical (unpaired) electrons. The lowest BCUT2D eigenvalue weighted by atomic mass is 10.3. The summed E-state index contributed by atoms with van der Waals surface area (Å²) in [4.78, 5) is 20.4. The molecule has 18 heavy (non-hydrogen) atoms. The number of hydrogen-bond acceptors (Lipinski definition) is 4. The molecule has 2 aromatic heterocycles. The van der Waals surface area contributed by atoms with E-state index in [0.717, 1.165) is 17.1 Å². The van der Waals surface area contributed by atoms with Gasteiger partial charge in [-0.05, 0) is 41.1 Å². The van der Waals surface area contributed by atoms with E-state index in [-0.39, 0.29) is 5.56 Å². The third-order valence-corrected chi connectivity index (χ3v) is 3.83. The van der Waals surface area contributed by atoms with E-state index in [1.165, 1.54) is 0 Å². The Bertz CT molecular complexity index is 606. The van der Waals surface area contributed by atoms with Crippen molar-refractivity contribution in [3.05, 3.63) is 49.8 Å². The number of nitrogens with zero attached hydrogens (tertiary/aromatic N) is 3. The summed E-state index contributed by atoms with van der Waals surface area (Å²) in [6.45, 7) is 2.32. The fourth-order valence-electron chi connectivity index (χ4n) is 1.52. The van der Waals surface area contributed by atoms with Gasteiger partial charge in [-0.15, -0.1) is 0 Å².